The minimum atomic E-state index is 0.134. The molecule has 1 aliphatic carbocycles. The number of carbonyl (C=O) groups excluding carboxylic acids is 1. The van der Waals surface area contributed by atoms with E-state index in [1.54, 1.807) is 13.3 Å². The third-order valence-corrected chi connectivity index (χ3v) is 4.92. The molecule has 1 saturated carbocycles. The van der Waals surface area contributed by atoms with Crippen LogP contribution in [0.5, 0.6) is 5.75 Å². The number of ether oxygens (including phenoxy) is 1. The predicted octanol–water partition coefficient (Wildman–Crippen LogP) is 5.17. The van der Waals surface area contributed by atoms with Crippen LogP contribution in [0.3, 0.4) is 0 Å². The quantitative estimate of drug-likeness (QED) is 0.474. The third-order valence-electron chi connectivity index (χ3n) is 4.92. The van der Waals surface area contributed by atoms with Crippen molar-refractivity contribution in [3.63, 3.8) is 0 Å². The van der Waals surface area contributed by atoms with Gasteiger partial charge in [0, 0.05) is 29.4 Å². The first kappa shape index (κ1) is 20.3. The van der Waals surface area contributed by atoms with Crippen LogP contribution in [0.25, 0.3) is 23.1 Å². The van der Waals surface area contributed by atoms with Crippen LogP contribution in [-0.4, -0.2) is 28.2 Å². The van der Waals surface area contributed by atoms with Crippen LogP contribution < -0.4 is 10.1 Å². The lowest BCUT2D eigenvalue weighted by atomic mass is 10.2. The van der Waals surface area contributed by atoms with Crippen LogP contribution in [0.4, 0.5) is 5.69 Å². The van der Waals surface area contributed by atoms with Crippen LogP contribution >= 0.6 is 0 Å². The molecule has 0 atom stereocenters. The molecule has 1 aliphatic rings. The van der Waals surface area contributed by atoms with Crippen molar-refractivity contribution < 1.29 is 9.53 Å². The van der Waals surface area contributed by atoms with E-state index < -0.39 is 0 Å². The van der Waals surface area contributed by atoms with Gasteiger partial charge in [-0.2, -0.15) is 5.10 Å². The van der Waals surface area contributed by atoms with Gasteiger partial charge in [-0.15, -0.1) is 0 Å². The third kappa shape index (κ3) is 5.57. The number of hydrogen-bond acceptors (Lipinski definition) is 4. The van der Waals surface area contributed by atoms with Crippen molar-refractivity contribution >= 4 is 34.6 Å². The second kappa shape index (κ2) is 9.71. The van der Waals surface area contributed by atoms with Gasteiger partial charge in [0.1, 0.15) is 5.75 Å². The average molecular weight is 412 g/mol. The van der Waals surface area contributed by atoms with Gasteiger partial charge in [-0.05, 0) is 60.9 Å². The lowest BCUT2D eigenvalue weighted by Gasteiger charge is -2.04. The van der Waals surface area contributed by atoms with Gasteiger partial charge >= 0.3 is 0 Å². The summed E-state index contributed by atoms with van der Waals surface area (Å²) in [5, 5.41) is 11.3. The summed E-state index contributed by atoms with van der Waals surface area (Å²) < 4.78 is 5.02. The fourth-order valence-corrected chi connectivity index (χ4v) is 3.03. The molecule has 6 heteroatoms. The van der Waals surface area contributed by atoms with Gasteiger partial charge in [-0.3, -0.25) is 14.9 Å². The molecule has 6 nitrogen and oxygen atoms in total. The van der Waals surface area contributed by atoms with E-state index in [0.29, 0.717) is 0 Å². The molecular weight excluding hydrogens is 388 g/mol. The van der Waals surface area contributed by atoms with Crippen LogP contribution in [0.2, 0.25) is 0 Å². The summed E-state index contributed by atoms with van der Waals surface area (Å²) >= 11 is 0. The lowest BCUT2D eigenvalue weighted by molar-refractivity contribution is -0.117. The van der Waals surface area contributed by atoms with Crippen molar-refractivity contribution in [2.75, 3.05) is 12.4 Å². The Morgan fingerprint density at radius 1 is 1.06 bits per heavy atom. The lowest BCUT2D eigenvalue weighted by Crippen LogP contribution is -2.12. The summed E-state index contributed by atoms with van der Waals surface area (Å²) in [7, 11) is 1.62. The van der Waals surface area contributed by atoms with E-state index in [0.717, 1.165) is 46.4 Å². The van der Waals surface area contributed by atoms with Crippen LogP contribution in [0, 0.1) is 5.92 Å². The monoisotopic (exact) mass is 412 g/mol. The number of pyridine rings is 1. The Balaban J connectivity index is 0.000000152. The number of aromatic amines is 1. The molecule has 0 spiro atoms. The molecule has 4 aromatic rings. The van der Waals surface area contributed by atoms with E-state index in [9.17, 15) is 4.79 Å². The number of benzene rings is 2. The summed E-state index contributed by atoms with van der Waals surface area (Å²) in [6.45, 7) is 0. The summed E-state index contributed by atoms with van der Waals surface area (Å²) in [6, 6.07) is 19.4. The number of fused-ring (bicyclic) bond motifs is 1. The minimum Gasteiger partial charge on any atom is -0.497 e. The number of anilines is 1. The average Bonchev–Trinajstić information content (AvgIpc) is 3.60. The first-order valence-electron chi connectivity index (χ1n) is 10.2. The minimum absolute atomic E-state index is 0.134. The number of rotatable bonds is 5. The highest BCUT2D eigenvalue weighted by Crippen LogP contribution is 2.30. The first-order chi connectivity index (χ1) is 15.2. The number of amides is 1. The van der Waals surface area contributed by atoms with E-state index in [2.05, 4.69) is 26.6 Å². The molecule has 0 saturated heterocycles. The number of para-hydroxylation sites is 1. The van der Waals surface area contributed by atoms with Crippen molar-refractivity contribution in [1.29, 1.82) is 0 Å². The van der Waals surface area contributed by atoms with Crippen molar-refractivity contribution in [2.45, 2.75) is 12.8 Å². The number of hydrogen-bond donors (Lipinski definition) is 2. The molecule has 0 unspecified atom stereocenters. The number of aromatic nitrogens is 3. The van der Waals surface area contributed by atoms with E-state index in [4.69, 9.17) is 4.74 Å². The van der Waals surface area contributed by atoms with Crippen molar-refractivity contribution in [3.05, 3.63) is 84.3 Å². The van der Waals surface area contributed by atoms with Gasteiger partial charge in [0.25, 0.3) is 0 Å². The van der Waals surface area contributed by atoms with Crippen LogP contribution in [-0.2, 0) is 4.79 Å². The Morgan fingerprint density at radius 3 is 2.58 bits per heavy atom. The van der Waals surface area contributed by atoms with E-state index >= 15 is 0 Å². The number of nitrogens with zero attached hydrogens (tertiary/aromatic N) is 2. The van der Waals surface area contributed by atoms with Gasteiger partial charge in [0.2, 0.25) is 5.91 Å². The molecule has 0 bridgehead atoms. The second-order valence-electron chi connectivity index (χ2n) is 7.27. The Morgan fingerprint density at radius 2 is 1.87 bits per heavy atom. The maximum atomic E-state index is 11.4. The number of carbonyl (C=O) groups is 1. The Kier molecular flexibility index (Phi) is 6.38. The summed E-state index contributed by atoms with van der Waals surface area (Å²) in [4.78, 5) is 15.5. The highest BCUT2D eigenvalue weighted by molar-refractivity contribution is 5.94. The number of nitrogens with one attached hydrogen (secondary N) is 2. The molecule has 2 N–H and O–H groups in total. The molecule has 0 radical (unpaired) electrons. The van der Waals surface area contributed by atoms with E-state index in [1.165, 1.54) is 0 Å². The van der Waals surface area contributed by atoms with Crippen molar-refractivity contribution in [1.82, 2.24) is 15.2 Å². The number of H-pyrrole nitrogens is 1. The maximum absolute atomic E-state index is 11.4. The fourth-order valence-electron chi connectivity index (χ4n) is 3.03. The zero-order valence-corrected chi connectivity index (χ0v) is 17.3. The smallest absolute Gasteiger partial charge is 0.227 e. The summed E-state index contributed by atoms with van der Waals surface area (Å²) in [5.74, 6) is 1.18. The van der Waals surface area contributed by atoms with Crippen LogP contribution in [0.1, 0.15) is 24.1 Å². The second-order valence-corrected chi connectivity index (χ2v) is 7.27. The van der Waals surface area contributed by atoms with Gasteiger partial charge in [0.05, 0.1) is 18.3 Å². The van der Waals surface area contributed by atoms with Crippen molar-refractivity contribution in [2.24, 2.45) is 5.92 Å². The summed E-state index contributed by atoms with van der Waals surface area (Å²) in [5.41, 5.74) is 3.91. The Hall–Kier alpha value is -3.93. The molecule has 2 heterocycles. The van der Waals surface area contributed by atoms with Gasteiger partial charge in [-0.1, -0.05) is 30.3 Å². The molecule has 2 aromatic carbocycles. The molecule has 1 amide bonds. The Bertz CT molecular complexity index is 1160. The summed E-state index contributed by atoms with van der Waals surface area (Å²) in [6.07, 6.45) is 9.65. The van der Waals surface area contributed by atoms with Gasteiger partial charge in [-0.25, -0.2) is 0 Å². The largest absolute Gasteiger partial charge is 0.497 e. The van der Waals surface area contributed by atoms with E-state index in [-0.39, 0.29) is 11.8 Å². The molecule has 0 aliphatic heterocycles. The molecule has 1 fully saturated rings. The maximum Gasteiger partial charge on any atom is 0.227 e. The SMILES string of the molecule is C(=C\c1n[nH]c2ccccc12)/c1cccnc1.COc1ccc(NC(=O)C2CC2)cc1. The highest BCUT2D eigenvalue weighted by atomic mass is 16.5. The first-order valence-corrected chi connectivity index (χ1v) is 10.2. The zero-order valence-electron chi connectivity index (χ0n) is 17.3. The highest BCUT2D eigenvalue weighted by Gasteiger charge is 2.29. The van der Waals surface area contributed by atoms with Crippen LogP contribution in [0.15, 0.2) is 73.1 Å². The molecular formula is C25H24N4O2. The molecule has 2 aromatic heterocycles. The normalized spacial score (nSPS) is 12.9. The predicted molar refractivity (Wildman–Crippen MR) is 124 cm³/mol. The standard InChI is InChI=1S/C14H11N3.C11H13NO2/c1-2-6-13-12(5-1)14(17-16-13)8-7-11-4-3-9-15-10-11;1-14-10-6-4-9(5-7-10)12-11(13)8-2-3-8/h1-10H,(H,16,17);4-8H,2-3H2,1H3,(H,12,13)/b8-7+;. The zero-order chi connectivity index (χ0) is 21.5. The van der Waals surface area contributed by atoms with Crippen molar-refractivity contribution in [3.8, 4) is 5.75 Å². The molecule has 31 heavy (non-hydrogen) atoms. The van der Waals surface area contributed by atoms with Gasteiger partial charge in [0.15, 0.2) is 0 Å². The number of methoxy groups -OCH3 is 1. The molecule has 156 valence electrons. The fraction of sp³-hybridized carbons (Fsp3) is 0.160. The Labute approximate surface area is 181 Å². The molecule has 5 rings (SSSR count). The topological polar surface area (TPSA) is 79.9 Å². The van der Waals surface area contributed by atoms with E-state index in [1.807, 2.05) is 72.9 Å². The van der Waals surface area contributed by atoms with Gasteiger partial charge < -0.3 is 10.1 Å².